The van der Waals surface area contributed by atoms with Crippen molar-refractivity contribution in [3.8, 4) is 11.4 Å². The molecule has 8 heteroatoms. The highest BCUT2D eigenvalue weighted by atomic mass is 32.2. The number of hydrogen-bond donors (Lipinski definition) is 0. The van der Waals surface area contributed by atoms with Crippen LogP contribution in [0.3, 0.4) is 0 Å². The van der Waals surface area contributed by atoms with E-state index in [0.717, 1.165) is 16.4 Å². The van der Waals surface area contributed by atoms with E-state index in [2.05, 4.69) is 20.3 Å². The van der Waals surface area contributed by atoms with Crippen LogP contribution in [0.2, 0.25) is 0 Å². The van der Waals surface area contributed by atoms with Crippen LogP contribution in [0.1, 0.15) is 5.89 Å². The molecule has 4 heterocycles. The van der Waals surface area contributed by atoms with E-state index in [0.29, 0.717) is 17.5 Å². The zero-order valence-electron chi connectivity index (χ0n) is 10.7. The SMILES string of the molecule is c1ccn2c(SCc3nc(-c4ccsc4)no3)nnc2c1. The van der Waals surface area contributed by atoms with Crippen molar-refractivity contribution in [2.75, 3.05) is 0 Å². The Kier molecular flexibility index (Phi) is 3.17. The summed E-state index contributed by atoms with van der Waals surface area (Å²) in [5.41, 5.74) is 1.80. The van der Waals surface area contributed by atoms with Gasteiger partial charge in [-0.05, 0) is 23.6 Å². The topological polar surface area (TPSA) is 69.1 Å². The minimum absolute atomic E-state index is 0.562. The fourth-order valence-corrected chi connectivity index (χ4v) is 3.26. The summed E-state index contributed by atoms with van der Waals surface area (Å²) < 4.78 is 7.20. The predicted molar refractivity (Wildman–Crippen MR) is 80.2 cm³/mol. The van der Waals surface area contributed by atoms with Gasteiger partial charge in [-0.2, -0.15) is 16.3 Å². The number of hydrogen-bond acceptors (Lipinski definition) is 7. The highest BCUT2D eigenvalue weighted by Gasteiger charge is 2.11. The van der Waals surface area contributed by atoms with Crippen molar-refractivity contribution in [3.05, 3.63) is 47.1 Å². The molecule has 0 aliphatic rings. The van der Waals surface area contributed by atoms with E-state index >= 15 is 0 Å². The molecule has 0 spiro atoms. The lowest BCUT2D eigenvalue weighted by Gasteiger charge is -1.96. The minimum atomic E-state index is 0.562. The summed E-state index contributed by atoms with van der Waals surface area (Å²) in [4.78, 5) is 4.38. The summed E-state index contributed by atoms with van der Waals surface area (Å²) in [6, 6.07) is 7.77. The summed E-state index contributed by atoms with van der Waals surface area (Å²) >= 11 is 3.12. The average Bonchev–Trinajstić information content (AvgIpc) is 3.25. The number of thioether (sulfide) groups is 1. The quantitative estimate of drug-likeness (QED) is 0.539. The Morgan fingerprint density at radius 2 is 2.24 bits per heavy atom. The molecule has 0 saturated carbocycles. The van der Waals surface area contributed by atoms with Crippen LogP contribution in [0.5, 0.6) is 0 Å². The first-order chi connectivity index (χ1) is 10.4. The van der Waals surface area contributed by atoms with Crippen LogP contribution in [-0.2, 0) is 5.75 Å². The molecule has 21 heavy (non-hydrogen) atoms. The molecule has 104 valence electrons. The molecule has 0 saturated heterocycles. The normalized spacial score (nSPS) is 11.2. The van der Waals surface area contributed by atoms with Gasteiger partial charge in [-0.15, -0.1) is 10.2 Å². The van der Waals surface area contributed by atoms with Crippen LogP contribution in [0.25, 0.3) is 17.0 Å². The van der Waals surface area contributed by atoms with Crippen LogP contribution in [0.4, 0.5) is 0 Å². The molecule has 0 bridgehead atoms. The molecule has 0 aliphatic heterocycles. The van der Waals surface area contributed by atoms with Gasteiger partial charge in [0.05, 0.1) is 5.75 Å². The monoisotopic (exact) mass is 315 g/mol. The van der Waals surface area contributed by atoms with Crippen molar-refractivity contribution in [1.82, 2.24) is 24.7 Å². The Balaban J connectivity index is 1.52. The van der Waals surface area contributed by atoms with Crippen LogP contribution in [0.15, 0.2) is 50.9 Å². The Bertz CT molecular complexity index is 868. The van der Waals surface area contributed by atoms with Crippen LogP contribution >= 0.6 is 23.1 Å². The zero-order chi connectivity index (χ0) is 14.1. The summed E-state index contributed by atoms with van der Waals surface area (Å²) in [7, 11) is 0. The Hall–Kier alpha value is -2.19. The van der Waals surface area contributed by atoms with Crippen molar-refractivity contribution in [2.45, 2.75) is 10.9 Å². The fraction of sp³-hybridized carbons (Fsp3) is 0.0769. The van der Waals surface area contributed by atoms with Gasteiger partial charge in [0.2, 0.25) is 11.7 Å². The summed E-state index contributed by atoms with van der Waals surface area (Å²) in [6.07, 6.45) is 1.93. The summed E-state index contributed by atoms with van der Waals surface area (Å²) in [6.45, 7) is 0. The minimum Gasteiger partial charge on any atom is -0.338 e. The van der Waals surface area contributed by atoms with Crippen LogP contribution in [-0.4, -0.2) is 24.7 Å². The molecule has 0 atom stereocenters. The van der Waals surface area contributed by atoms with Gasteiger partial charge in [0.15, 0.2) is 10.8 Å². The number of aromatic nitrogens is 5. The first-order valence-electron chi connectivity index (χ1n) is 6.18. The van der Waals surface area contributed by atoms with Gasteiger partial charge in [-0.1, -0.05) is 23.0 Å². The molecule has 0 aliphatic carbocycles. The van der Waals surface area contributed by atoms with Gasteiger partial charge in [-0.3, -0.25) is 4.40 Å². The maximum absolute atomic E-state index is 5.26. The third kappa shape index (κ3) is 2.43. The molecule has 0 N–H and O–H groups in total. The van der Waals surface area contributed by atoms with E-state index in [-0.39, 0.29) is 0 Å². The summed E-state index contributed by atoms with van der Waals surface area (Å²) in [5, 5.41) is 17.0. The highest BCUT2D eigenvalue weighted by Crippen LogP contribution is 2.23. The van der Waals surface area contributed by atoms with Gasteiger partial charge < -0.3 is 4.52 Å². The van der Waals surface area contributed by atoms with Gasteiger partial charge in [-0.25, -0.2) is 0 Å². The van der Waals surface area contributed by atoms with Crippen LogP contribution < -0.4 is 0 Å². The largest absolute Gasteiger partial charge is 0.338 e. The molecule has 0 fully saturated rings. The number of nitrogens with zero attached hydrogens (tertiary/aromatic N) is 5. The van der Waals surface area contributed by atoms with E-state index in [1.165, 1.54) is 11.8 Å². The van der Waals surface area contributed by atoms with Crippen molar-refractivity contribution in [2.24, 2.45) is 0 Å². The Labute approximate surface area is 127 Å². The zero-order valence-corrected chi connectivity index (χ0v) is 12.3. The van der Waals surface area contributed by atoms with Crippen LogP contribution in [0, 0.1) is 0 Å². The lowest BCUT2D eigenvalue weighted by molar-refractivity contribution is 0.391. The third-order valence-electron chi connectivity index (χ3n) is 2.85. The second-order valence-corrected chi connectivity index (χ2v) is 5.95. The van der Waals surface area contributed by atoms with Gasteiger partial charge >= 0.3 is 0 Å². The van der Waals surface area contributed by atoms with E-state index in [1.807, 2.05) is 45.6 Å². The number of fused-ring (bicyclic) bond motifs is 1. The first-order valence-corrected chi connectivity index (χ1v) is 8.11. The van der Waals surface area contributed by atoms with Gasteiger partial charge in [0.1, 0.15) is 0 Å². The first kappa shape index (κ1) is 12.5. The van der Waals surface area contributed by atoms with Crippen molar-refractivity contribution < 1.29 is 4.52 Å². The molecule has 4 rings (SSSR count). The second kappa shape index (κ2) is 5.30. The molecule has 0 radical (unpaired) electrons. The summed E-state index contributed by atoms with van der Waals surface area (Å²) in [5.74, 6) is 1.76. The van der Waals surface area contributed by atoms with E-state index in [9.17, 15) is 0 Å². The van der Waals surface area contributed by atoms with E-state index in [1.54, 1.807) is 11.3 Å². The Morgan fingerprint density at radius 1 is 1.24 bits per heavy atom. The molecule has 0 unspecified atom stereocenters. The number of pyridine rings is 1. The standard InChI is InChI=1S/C13H9N5OS2/c1-2-5-18-10(3-1)15-16-13(18)21-8-11-14-12(17-19-11)9-4-6-20-7-9/h1-7H,8H2. The predicted octanol–water partition coefficient (Wildman–Crippen LogP) is 3.13. The van der Waals surface area contributed by atoms with Gasteiger partial charge in [0.25, 0.3) is 0 Å². The smallest absolute Gasteiger partial charge is 0.237 e. The molecular formula is C13H9N5OS2. The molecular weight excluding hydrogens is 306 g/mol. The van der Waals surface area contributed by atoms with Crippen molar-refractivity contribution in [1.29, 1.82) is 0 Å². The van der Waals surface area contributed by atoms with Gasteiger partial charge in [0, 0.05) is 17.1 Å². The van der Waals surface area contributed by atoms with Crippen molar-refractivity contribution in [3.63, 3.8) is 0 Å². The molecule has 6 nitrogen and oxygen atoms in total. The second-order valence-electron chi connectivity index (χ2n) is 4.22. The number of thiophene rings is 1. The van der Waals surface area contributed by atoms with Crippen molar-refractivity contribution >= 4 is 28.7 Å². The lowest BCUT2D eigenvalue weighted by atomic mass is 10.3. The molecule has 0 amide bonds. The Morgan fingerprint density at radius 3 is 3.14 bits per heavy atom. The number of rotatable bonds is 4. The highest BCUT2D eigenvalue weighted by molar-refractivity contribution is 7.98. The van der Waals surface area contributed by atoms with E-state index in [4.69, 9.17) is 4.52 Å². The van der Waals surface area contributed by atoms with E-state index < -0.39 is 0 Å². The molecule has 4 aromatic rings. The maximum Gasteiger partial charge on any atom is 0.237 e. The molecule has 4 aromatic heterocycles. The average molecular weight is 315 g/mol. The maximum atomic E-state index is 5.26. The fourth-order valence-electron chi connectivity index (χ4n) is 1.87. The molecule has 0 aromatic carbocycles. The third-order valence-corrected chi connectivity index (χ3v) is 4.47. The lowest BCUT2D eigenvalue weighted by Crippen LogP contribution is -1.87.